The molecule has 2 aromatic rings. The quantitative estimate of drug-likeness (QED) is 0.838. The van der Waals surface area contributed by atoms with Gasteiger partial charge in [0.25, 0.3) is 0 Å². The maximum absolute atomic E-state index is 14.3. The van der Waals surface area contributed by atoms with Gasteiger partial charge in [-0.15, -0.1) is 12.4 Å². The molecule has 3 nitrogen and oxygen atoms in total. The topological polar surface area (TPSA) is 28.4 Å². The van der Waals surface area contributed by atoms with E-state index in [4.69, 9.17) is 4.42 Å². The summed E-state index contributed by atoms with van der Waals surface area (Å²) < 4.78 is 58.6. The van der Waals surface area contributed by atoms with Crippen molar-refractivity contribution in [3.63, 3.8) is 0 Å². The van der Waals surface area contributed by atoms with Crippen molar-refractivity contribution in [2.24, 2.45) is 0 Å². The van der Waals surface area contributed by atoms with Crippen molar-refractivity contribution in [2.45, 2.75) is 12.2 Å². The molecule has 0 spiro atoms. The predicted octanol–water partition coefficient (Wildman–Crippen LogP) is 3.85. The first-order valence-corrected chi connectivity index (χ1v) is 7.31. The fourth-order valence-corrected chi connectivity index (χ4v) is 2.85. The first kappa shape index (κ1) is 18.8. The van der Waals surface area contributed by atoms with Crippen LogP contribution in [0.3, 0.4) is 0 Å². The van der Waals surface area contributed by atoms with Gasteiger partial charge < -0.3 is 9.73 Å². The average molecular weight is 365 g/mol. The maximum atomic E-state index is 14.3. The molecule has 1 aromatic carbocycles. The van der Waals surface area contributed by atoms with Gasteiger partial charge in [-0.2, -0.15) is 13.2 Å². The summed E-state index contributed by atoms with van der Waals surface area (Å²) in [6, 6.07) is 5.15. The highest BCUT2D eigenvalue weighted by molar-refractivity contribution is 5.85. The van der Waals surface area contributed by atoms with Crippen molar-refractivity contribution in [3.05, 3.63) is 59.3 Å². The zero-order chi connectivity index (χ0) is 16.4. The second-order valence-electron chi connectivity index (χ2n) is 5.44. The van der Waals surface area contributed by atoms with Crippen LogP contribution in [0.2, 0.25) is 0 Å². The third-order valence-electron chi connectivity index (χ3n) is 3.95. The van der Waals surface area contributed by atoms with Crippen molar-refractivity contribution in [2.75, 3.05) is 26.2 Å². The Morgan fingerprint density at radius 2 is 1.83 bits per heavy atom. The molecule has 1 saturated heterocycles. The second kappa shape index (κ2) is 7.55. The number of furan rings is 1. The van der Waals surface area contributed by atoms with Crippen LogP contribution in [0.15, 0.2) is 41.0 Å². The van der Waals surface area contributed by atoms with Gasteiger partial charge in [0.05, 0.1) is 17.9 Å². The molecule has 1 N–H and O–H groups in total. The lowest BCUT2D eigenvalue weighted by Crippen LogP contribution is -2.45. The van der Waals surface area contributed by atoms with E-state index < -0.39 is 23.6 Å². The molecule has 24 heavy (non-hydrogen) atoms. The third-order valence-corrected chi connectivity index (χ3v) is 3.95. The molecule has 1 atom stereocenters. The minimum absolute atomic E-state index is 0. The molecule has 1 aromatic heterocycles. The van der Waals surface area contributed by atoms with E-state index in [1.54, 1.807) is 12.1 Å². The van der Waals surface area contributed by atoms with Gasteiger partial charge in [-0.05, 0) is 30.3 Å². The Labute approximate surface area is 143 Å². The zero-order valence-electron chi connectivity index (χ0n) is 12.6. The Kier molecular flexibility index (Phi) is 5.90. The van der Waals surface area contributed by atoms with Gasteiger partial charge in [0, 0.05) is 31.7 Å². The summed E-state index contributed by atoms with van der Waals surface area (Å²) in [6.07, 6.45) is -3.07. The molecular formula is C16H17ClF4N2O. The molecule has 0 bridgehead atoms. The van der Waals surface area contributed by atoms with E-state index >= 15 is 0 Å². The van der Waals surface area contributed by atoms with Gasteiger partial charge in [-0.3, -0.25) is 4.90 Å². The maximum Gasteiger partial charge on any atom is 0.416 e. The second-order valence-corrected chi connectivity index (χ2v) is 5.44. The van der Waals surface area contributed by atoms with Gasteiger partial charge in [0.1, 0.15) is 11.6 Å². The summed E-state index contributed by atoms with van der Waals surface area (Å²) in [4.78, 5) is 1.92. The van der Waals surface area contributed by atoms with Crippen LogP contribution in [-0.4, -0.2) is 31.1 Å². The lowest BCUT2D eigenvalue weighted by molar-refractivity contribution is -0.137. The van der Waals surface area contributed by atoms with Crippen molar-refractivity contribution >= 4 is 12.4 Å². The first-order valence-electron chi connectivity index (χ1n) is 7.31. The van der Waals surface area contributed by atoms with Gasteiger partial charge in [-0.25, -0.2) is 4.39 Å². The number of piperazine rings is 1. The zero-order valence-corrected chi connectivity index (χ0v) is 13.5. The fraction of sp³-hybridized carbons (Fsp3) is 0.375. The van der Waals surface area contributed by atoms with Crippen LogP contribution in [0.1, 0.15) is 22.9 Å². The van der Waals surface area contributed by atoms with Gasteiger partial charge >= 0.3 is 6.18 Å². The molecule has 3 rings (SSSR count). The van der Waals surface area contributed by atoms with E-state index in [2.05, 4.69) is 5.32 Å². The molecular weight excluding hydrogens is 348 g/mol. The largest absolute Gasteiger partial charge is 0.467 e. The molecule has 0 aliphatic carbocycles. The Bertz CT molecular complexity index is 655. The Morgan fingerprint density at radius 1 is 1.12 bits per heavy atom. The summed E-state index contributed by atoms with van der Waals surface area (Å²) in [5.41, 5.74) is -0.878. The number of alkyl halides is 3. The van der Waals surface area contributed by atoms with E-state index in [0.717, 1.165) is 18.2 Å². The Balaban J connectivity index is 0.00000208. The summed E-state index contributed by atoms with van der Waals surface area (Å²) in [5.74, 6) is -0.233. The summed E-state index contributed by atoms with van der Waals surface area (Å²) in [7, 11) is 0. The number of nitrogens with one attached hydrogen (secondary N) is 1. The molecule has 1 aliphatic rings. The van der Waals surface area contributed by atoms with Crippen molar-refractivity contribution in [3.8, 4) is 0 Å². The lowest BCUT2D eigenvalue weighted by atomic mass is 9.98. The summed E-state index contributed by atoms with van der Waals surface area (Å²) in [5, 5.41) is 3.17. The molecule has 0 amide bonds. The molecule has 2 heterocycles. The van der Waals surface area contributed by atoms with Crippen molar-refractivity contribution in [1.29, 1.82) is 0 Å². The van der Waals surface area contributed by atoms with Crippen LogP contribution >= 0.6 is 12.4 Å². The van der Waals surface area contributed by atoms with Gasteiger partial charge in [-0.1, -0.05) is 0 Å². The van der Waals surface area contributed by atoms with Crippen LogP contribution in [-0.2, 0) is 6.18 Å². The molecule has 0 saturated carbocycles. The highest BCUT2D eigenvalue weighted by atomic mass is 35.5. The molecule has 0 unspecified atom stereocenters. The Morgan fingerprint density at radius 3 is 2.42 bits per heavy atom. The summed E-state index contributed by atoms with van der Waals surface area (Å²) >= 11 is 0. The number of rotatable bonds is 3. The number of hydrogen-bond acceptors (Lipinski definition) is 3. The lowest BCUT2D eigenvalue weighted by Gasteiger charge is -2.34. The normalized spacial score (nSPS) is 17.3. The van der Waals surface area contributed by atoms with Gasteiger partial charge in [0.15, 0.2) is 0 Å². The van der Waals surface area contributed by atoms with Crippen LogP contribution in [0.25, 0.3) is 0 Å². The minimum atomic E-state index is -4.51. The molecule has 8 heteroatoms. The Hall–Kier alpha value is -1.57. The molecule has 0 radical (unpaired) electrons. The monoisotopic (exact) mass is 364 g/mol. The minimum Gasteiger partial charge on any atom is -0.467 e. The van der Waals surface area contributed by atoms with E-state index in [0.29, 0.717) is 31.9 Å². The van der Waals surface area contributed by atoms with Crippen LogP contribution in [0.5, 0.6) is 0 Å². The van der Waals surface area contributed by atoms with E-state index in [1.807, 2.05) is 4.90 Å². The molecule has 1 aliphatic heterocycles. The SMILES string of the molecule is Cl.Fc1ccc(C(F)(F)F)cc1[C@@H](c1ccco1)N1CCNCC1. The smallest absolute Gasteiger partial charge is 0.416 e. The average Bonchev–Trinajstić information content (AvgIpc) is 3.03. The number of hydrogen-bond donors (Lipinski definition) is 1. The van der Waals surface area contributed by atoms with Crippen molar-refractivity contribution in [1.82, 2.24) is 10.2 Å². The first-order chi connectivity index (χ1) is 11.0. The van der Waals surface area contributed by atoms with Crippen LogP contribution in [0, 0.1) is 5.82 Å². The standard InChI is InChI=1S/C16H16F4N2O.ClH/c17-13-4-3-11(16(18,19)20)10-12(13)15(14-2-1-9-23-14)22-7-5-21-6-8-22;/h1-4,9-10,15,21H,5-8H2;1H/t15-;/m0./s1. The highest BCUT2D eigenvalue weighted by Gasteiger charge is 2.34. The number of nitrogens with zero attached hydrogens (tertiary/aromatic N) is 1. The van der Waals surface area contributed by atoms with Crippen molar-refractivity contribution < 1.29 is 22.0 Å². The number of benzene rings is 1. The van der Waals surface area contributed by atoms with Crippen LogP contribution in [0.4, 0.5) is 17.6 Å². The highest BCUT2D eigenvalue weighted by Crippen LogP contribution is 2.36. The van der Waals surface area contributed by atoms with Gasteiger partial charge in [0.2, 0.25) is 0 Å². The molecule has 132 valence electrons. The fourth-order valence-electron chi connectivity index (χ4n) is 2.85. The van der Waals surface area contributed by atoms with E-state index in [1.165, 1.54) is 6.26 Å². The summed E-state index contributed by atoms with van der Waals surface area (Å²) in [6.45, 7) is 2.58. The number of halogens is 5. The van der Waals surface area contributed by atoms with Crippen LogP contribution < -0.4 is 5.32 Å². The third kappa shape index (κ3) is 3.91. The van der Waals surface area contributed by atoms with E-state index in [9.17, 15) is 17.6 Å². The molecule has 1 fully saturated rings. The predicted molar refractivity (Wildman–Crippen MR) is 83.6 cm³/mol. The van der Waals surface area contributed by atoms with E-state index in [-0.39, 0.29) is 18.0 Å².